The van der Waals surface area contributed by atoms with Gasteiger partial charge in [-0.3, -0.25) is 0 Å². The predicted molar refractivity (Wildman–Crippen MR) is 77.4 cm³/mol. The van der Waals surface area contributed by atoms with E-state index in [0.29, 0.717) is 0 Å². The third-order valence-electron chi connectivity index (χ3n) is 3.06. The molecular weight excluding hydrogens is 287 g/mol. The summed E-state index contributed by atoms with van der Waals surface area (Å²) in [5.41, 5.74) is 0. The van der Waals surface area contributed by atoms with Gasteiger partial charge in [0.2, 0.25) is 0 Å². The van der Waals surface area contributed by atoms with Gasteiger partial charge in [-0.1, -0.05) is 17.8 Å². The Morgan fingerprint density at radius 3 is 0.952 bits per heavy atom. The lowest BCUT2D eigenvalue weighted by molar-refractivity contribution is 0.743. The van der Waals surface area contributed by atoms with Gasteiger partial charge in [-0.2, -0.15) is 0 Å². The maximum Gasteiger partial charge on any atom is 0.488 e. The van der Waals surface area contributed by atoms with Gasteiger partial charge in [0.05, 0.1) is 49.6 Å². The van der Waals surface area contributed by atoms with Crippen molar-refractivity contribution >= 4 is 7.87 Å². The van der Waals surface area contributed by atoms with Gasteiger partial charge in [0.1, 0.15) is 0 Å². The molecule has 0 aliphatic rings. The fourth-order valence-corrected chi connectivity index (χ4v) is 5.18. The van der Waals surface area contributed by atoms with Crippen molar-refractivity contribution in [1.82, 2.24) is 38.2 Å². The van der Waals surface area contributed by atoms with Gasteiger partial charge < -0.3 is 0 Å². The molecule has 4 aromatic heterocycles. The number of nitrogens with zero attached hydrogens (tertiary/aromatic N) is 8. The Labute approximate surface area is 120 Å². The van der Waals surface area contributed by atoms with Crippen molar-refractivity contribution < 1.29 is 0 Å². The number of rotatable bonds is 4. The highest BCUT2D eigenvalue weighted by molar-refractivity contribution is 7.69. The molecule has 21 heavy (non-hydrogen) atoms. The Kier molecular flexibility index (Phi) is 2.68. The van der Waals surface area contributed by atoms with E-state index in [4.69, 9.17) is 0 Å². The Bertz CT molecular complexity index is 643. The molecule has 0 unspecified atom stereocenters. The van der Waals surface area contributed by atoms with Crippen molar-refractivity contribution in [1.29, 1.82) is 0 Å². The molecule has 4 rings (SSSR count). The van der Waals surface area contributed by atoms with E-state index in [1.165, 1.54) is 0 Å². The minimum absolute atomic E-state index is 1.74. The Hall–Kier alpha value is -2.73. The zero-order valence-corrected chi connectivity index (χ0v) is 11.8. The van der Waals surface area contributed by atoms with Gasteiger partial charge in [0.25, 0.3) is 0 Å². The molecule has 104 valence electrons. The second-order valence-electron chi connectivity index (χ2n) is 4.24. The lowest BCUT2D eigenvalue weighted by Gasteiger charge is -2.23. The van der Waals surface area contributed by atoms with E-state index in [2.05, 4.69) is 20.4 Å². The van der Waals surface area contributed by atoms with Crippen LogP contribution in [0.3, 0.4) is 0 Å². The Morgan fingerprint density at radius 2 is 0.762 bits per heavy atom. The van der Waals surface area contributed by atoms with Crippen molar-refractivity contribution in [3.05, 3.63) is 73.8 Å². The number of hydrogen-bond donors (Lipinski definition) is 0. The molecule has 4 heterocycles. The van der Waals surface area contributed by atoms with Crippen LogP contribution >= 0.6 is 7.87 Å². The maximum atomic E-state index is 4.44. The fourth-order valence-electron chi connectivity index (χ4n) is 2.24. The van der Waals surface area contributed by atoms with Gasteiger partial charge in [0, 0.05) is 0 Å². The van der Waals surface area contributed by atoms with Crippen LogP contribution in [0.4, 0.5) is 0 Å². The van der Waals surface area contributed by atoms with E-state index in [1.807, 2.05) is 66.9 Å². The van der Waals surface area contributed by atoms with Crippen LogP contribution in [-0.2, 0) is 0 Å². The summed E-state index contributed by atoms with van der Waals surface area (Å²) in [5, 5.41) is 17.8. The van der Waals surface area contributed by atoms with Crippen LogP contribution in [0.15, 0.2) is 73.8 Å². The van der Waals surface area contributed by atoms with Crippen molar-refractivity contribution in [2.75, 3.05) is 0 Å². The minimum Gasteiger partial charge on any atom is -0.141 e. The van der Waals surface area contributed by atoms with Gasteiger partial charge in [0.15, 0.2) is 0 Å². The quantitative estimate of drug-likeness (QED) is 0.537. The topological polar surface area (TPSA) is 71.3 Å². The first-order chi connectivity index (χ1) is 10.4. The minimum atomic E-state index is -2.49. The van der Waals surface area contributed by atoms with Crippen molar-refractivity contribution in [3.8, 4) is 0 Å². The molecule has 4 aromatic rings. The van der Waals surface area contributed by atoms with Crippen LogP contribution in [0.5, 0.6) is 0 Å². The van der Waals surface area contributed by atoms with Crippen molar-refractivity contribution in [2.24, 2.45) is 0 Å². The summed E-state index contributed by atoms with van der Waals surface area (Å²) in [6.07, 6.45) is 14.6. The molecular formula is C12H12N8P+. The first-order valence-electron chi connectivity index (χ1n) is 6.33. The summed E-state index contributed by atoms with van der Waals surface area (Å²) in [4.78, 5) is 0. The van der Waals surface area contributed by atoms with Gasteiger partial charge in [-0.15, -0.1) is 20.4 Å². The zero-order chi connectivity index (χ0) is 14.1. The average molecular weight is 299 g/mol. The summed E-state index contributed by atoms with van der Waals surface area (Å²) in [6.45, 7) is 0. The molecule has 0 saturated carbocycles. The summed E-state index contributed by atoms with van der Waals surface area (Å²) in [7, 11) is -2.49. The summed E-state index contributed by atoms with van der Waals surface area (Å²) in [6, 6.07) is 7.52. The van der Waals surface area contributed by atoms with Gasteiger partial charge >= 0.3 is 7.87 Å². The highest BCUT2D eigenvalue weighted by Crippen LogP contribution is 2.60. The third kappa shape index (κ3) is 1.66. The fraction of sp³-hybridized carbons (Fsp3) is 0. The molecule has 8 nitrogen and oxygen atoms in total. The SMILES string of the molecule is c1cnn([P+](n2cccn2)(n2cccn2)n2cccn2)c1. The normalized spacial score (nSPS) is 11.8. The standard InChI is InChI=1S/C12H12N8P/c1-5-13-17(9-1)21(18-10-2-6-14-18,19-11-3-7-15-19)20-12-4-8-16-20/h1-12H/q+1. The molecule has 0 atom stereocenters. The summed E-state index contributed by atoms with van der Waals surface area (Å²) >= 11 is 0. The third-order valence-corrected chi connectivity index (χ3v) is 6.21. The monoisotopic (exact) mass is 299 g/mol. The lowest BCUT2D eigenvalue weighted by atomic mass is 10.8. The van der Waals surface area contributed by atoms with E-state index in [0.717, 1.165) is 0 Å². The first-order valence-corrected chi connectivity index (χ1v) is 7.93. The molecule has 0 spiro atoms. The van der Waals surface area contributed by atoms with Crippen LogP contribution in [-0.4, -0.2) is 38.2 Å². The predicted octanol–water partition coefficient (Wildman–Crippen LogP) is 1.64. The second-order valence-corrected chi connectivity index (χ2v) is 6.96. The van der Waals surface area contributed by atoms with Crippen LogP contribution in [0.1, 0.15) is 0 Å². The number of aromatic nitrogens is 8. The molecule has 0 radical (unpaired) electrons. The Morgan fingerprint density at radius 1 is 0.476 bits per heavy atom. The smallest absolute Gasteiger partial charge is 0.141 e. The van der Waals surface area contributed by atoms with Crippen molar-refractivity contribution in [3.63, 3.8) is 0 Å². The van der Waals surface area contributed by atoms with E-state index in [9.17, 15) is 0 Å². The Balaban J connectivity index is 2.10. The number of hydrogen-bond acceptors (Lipinski definition) is 4. The van der Waals surface area contributed by atoms with E-state index in [-0.39, 0.29) is 0 Å². The van der Waals surface area contributed by atoms with E-state index in [1.54, 1.807) is 24.8 Å². The van der Waals surface area contributed by atoms with E-state index < -0.39 is 7.87 Å². The largest absolute Gasteiger partial charge is 0.488 e. The summed E-state index contributed by atoms with van der Waals surface area (Å²) < 4.78 is 7.44. The summed E-state index contributed by atoms with van der Waals surface area (Å²) in [5.74, 6) is 0. The molecule has 0 fully saturated rings. The van der Waals surface area contributed by atoms with Gasteiger partial charge in [-0.05, 0) is 24.3 Å². The molecule has 0 aromatic carbocycles. The van der Waals surface area contributed by atoms with Crippen LogP contribution in [0.2, 0.25) is 0 Å². The lowest BCUT2D eigenvalue weighted by Crippen LogP contribution is -2.28. The maximum absolute atomic E-state index is 4.44. The molecule has 0 aliphatic carbocycles. The highest BCUT2D eigenvalue weighted by atomic mass is 31.2. The van der Waals surface area contributed by atoms with Crippen molar-refractivity contribution in [2.45, 2.75) is 0 Å². The highest BCUT2D eigenvalue weighted by Gasteiger charge is 2.52. The zero-order valence-electron chi connectivity index (χ0n) is 11.0. The molecule has 0 aliphatic heterocycles. The van der Waals surface area contributed by atoms with E-state index >= 15 is 0 Å². The van der Waals surface area contributed by atoms with Gasteiger partial charge in [-0.25, -0.2) is 0 Å². The van der Waals surface area contributed by atoms with Crippen LogP contribution in [0, 0.1) is 0 Å². The molecule has 0 saturated heterocycles. The molecule has 9 heteroatoms. The molecule has 0 bridgehead atoms. The second kappa shape index (κ2) is 4.68. The average Bonchev–Trinajstić information content (AvgIpc) is 3.32. The molecule has 0 N–H and O–H groups in total. The van der Waals surface area contributed by atoms with Crippen LogP contribution in [0.25, 0.3) is 0 Å². The van der Waals surface area contributed by atoms with Crippen LogP contribution < -0.4 is 0 Å². The first kappa shape index (κ1) is 12.0. The molecule has 0 amide bonds.